The van der Waals surface area contributed by atoms with E-state index in [1.54, 1.807) is 6.21 Å². The van der Waals surface area contributed by atoms with E-state index in [1.807, 2.05) is 104 Å². The zero-order chi connectivity index (χ0) is 28.0. The summed E-state index contributed by atoms with van der Waals surface area (Å²) in [6.45, 7) is 5.44. The average Bonchev–Trinajstić information content (AvgIpc) is 3.00. The summed E-state index contributed by atoms with van der Waals surface area (Å²) >= 11 is 0. The summed E-state index contributed by atoms with van der Waals surface area (Å²) in [5.74, 6) is 1.77. The molecule has 4 rings (SSSR count). The fourth-order valence-corrected chi connectivity index (χ4v) is 4.07. The van der Waals surface area contributed by atoms with Gasteiger partial charge >= 0.3 is 0 Å². The summed E-state index contributed by atoms with van der Waals surface area (Å²) in [4.78, 5) is 12.5. The minimum atomic E-state index is -0.255. The molecule has 0 saturated carbocycles. The van der Waals surface area contributed by atoms with E-state index in [2.05, 4.69) is 17.5 Å². The van der Waals surface area contributed by atoms with Gasteiger partial charge in [-0.05, 0) is 72.9 Å². The van der Waals surface area contributed by atoms with Gasteiger partial charge in [0.1, 0.15) is 19.0 Å². The number of carbonyl (C=O) groups excluding carboxylic acids is 1. The largest absolute Gasteiger partial charge is 0.490 e. The molecule has 4 aromatic carbocycles. The highest BCUT2D eigenvalue weighted by Gasteiger charge is 2.09. The minimum absolute atomic E-state index is 0.255. The molecule has 0 radical (unpaired) electrons. The van der Waals surface area contributed by atoms with Gasteiger partial charge in [-0.25, -0.2) is 5.43 Å². The minimum Gasteiger partial charge on any atom is -0.490 e. The first kappa shape index (κ1) is 28.4. The third-order valence-corrected chi connectivity index (χ3v) is 6.26. The predicted octanol–water partition coefficient (Wildman–Crippen LogP) is 7.35. The molecule has 0 aromatic heterocycles. The van der Waals surface area contributed by atoms with E-state index in [-0.39, 0.29) is 5.91 Å². The van der Waals surface area contributed by atoms with E-state index in [4.69, 9.17) is 14.2 Å². The molecule has 40 heavy (non-hydrogen) atoms. The molecule has 6 heteroatoms. The lowest BCUT2D eigenvalue weighted by molar-refractivity contribution is 0.0955. The van der Waals surface area contributed by atoms with Crippen LogP contribution in [-0.4, -0.2) is 18.7 Å². The number of unbranched alkanes of at least 4 members (excludes halogenated alkanes) is 1. The van der Waals surface area contributed by atoms with Gasteiger partial charge in [0.25, 0.3) is 5.91 Å². The number of ether oxygens (including phenoxy) is 3. The van der Waals surface area contributed by atoms with Crippen molar-refractivity contribution in [2.24, 2.45) is 5.10 Å². The fourth-order valence-electron chi connectivity index (χ4n) is 4.07. The molecule has 0 unspecified atom stereocenters. The molecule has 0 aliphatic rings. The third-order valence-electron chi connectivity index (χ3n) is 6.26. The van der Waals surface area contributed by atoms with Crippen LogP contribution < -0.4 is 19.6 Å². The van der Waals surface area contributed by atoms with E-state index >= 15 is 0 Å². The van der Waals surface area contributed by atoms with Crippen LogP contribution in [0, 0.1) is 0 Å². The molecule has 0 fully saturated rings. The molecule has 4 aromatic rings. The SMILES string of the molecule is CCCCc1ccc(C(=O)N/N=C/c2ccccc2OCc2ccc(OCc3ccccc3)c(OCC)c2)cc1. The molecule has 1 N–H and O–H groups in total. The molecule has 0 saturated heterocycles. The Balaban J connectivity index is 1.35. The van der Waals surface area contributed by atoms with Crippen LogP contribution in [0.1, 0.15) is 59.3 Å². The molecular weight excluding hydrogens is 500 g/mol. The molecule has 206 valence electrons. The number of hydrogen-bond donors (Lipinski definition) is 1. The zero-order valence-corrected chi connectivity index (χ0v) is 23.1. The Hall–Kier alpha value is -4.58. The second-order valence-electron chi connectivity index (χ2n) is 9.31. The van der Waals surface area contributed by atoms with Crippen LogP contribution in [0.2, 0.25) is 0 Å². The summed E-state index contributed by atoms with van der Waals surface area (Å²) in [6, 6.07) is 31.1. The van der Waals surface area contributed by atoms with E-state index < -0.39 is 0 Å². The standard InChI is InChI=1S/C34H36N2O4/c1-3-5-11-26-16-19-29(20-17-26)34(37)36-35-23-30-14-9-10-15-31(30)39-25-28-18-21-32(33(22-28)38-4-2)40-24-27-12-7-6-8-13-27/h6-10,12-23H,3-5,11,24-25H2,1-2H3,(H,36,37)/b35-23+. The van der Waals surface area contributed by atoms with Gasteiger partial charge in [-0.2, -0.15) is 5.10 Å². The maximum atomic E-state index is 12.5. The van der Waals surface area contributed by atoms with Crippen LogP contribution in [0.3, 0.4) is 0 Å². The van der Waals surface area contributed by atoms with Crippen molar-refractivity contribution in [1.82, 2.24) is 5.43 Å². The Morgan fingerprint density at radius 2 is 1.43 bits per heavy atom. The van der Waals surface area contributed by atoms with Crippen molar-refractivity contribution in [2.75, 3.05) is 6.61 Å². The predicted molar refractivity (Wildman–Crippen MR) is 159 cm³/mol. The van der Waals surface area contributed by atoms with Crippen molar-refractivity contribution >= 4 is 12.1 Å². The molecule has 1 amide bonds. The maximum Gasteiger partial charge on any atom is 0.271 e. The van der Waals surface area contributed by atoms with Crippen molar-refractivity contribution in [3.63, 3.8) is 0 Å². The van der Waals surface area contributed by atoms with Crippen molar-refractivity contribution < 1.29 is 19.0 Å². The molecular formula is C34H36N2O4. The Bertz CT molecular complexity index is 1380. The van der Waals surface area contributed by atoms with E-state index in [9.17, 15) is 4.79 Å². The first-order valence-electron chi connectivity index (χ1n) is 13.7. The number of hydrazone groups is 1. The van der Waals surface area contributed by atoms with Gasteiger partial charge in [-0.1, -0.05) is 74.0 Å². The van der Waals surface area contributed by atoms with Crippen LogP contribution in [0.25, 0.3) is 0 Å². The van der Waals surface area contributed by atoms with E-state index in [0.717, 1.165) is 36.0 Å². The Morgan fingerprint density at radius 3 is 2.20 bits per heavy atom. The first-order chi connectivity index (χ1) is 19.7. The first-order valence-corrected chi connectivity index (χ1v) is 13.7. The highest BCUT2D eigenvalue weighted by molar-refractivity contribution is 5.95. The number of rotatable bonds is 14. The lowest BCUT2D eigenvalue weighted by Gasteiger charge is -2.14. The van der Waals surface area contributed by atoms with Crippen molar-refractivity contribution in [3.05, 3.63) is 125 Å². The summed E-state index contributed by atoms with van der Waals surface area (Å²) in [6.07, 6.45) is 4.90. The summed E-state index contributed by atoms with van der Waals surface area (Å²) in [7, 11) is 0. The van der Waals surface area contributed by atoms with Crippen LogP contribution in [-0.2, 0) is 19.6 Å². The highest BCUT2D eigenvalue weighted by Crippen LogP contribution is 2.30. The van der Waals surface area contributed by atoms with Crippen molar-refractivity contribution in [3.8, 4) is 17.2 Å². The Labute approximate surface area is 236 Å². The van der Waals surface area contributed by atoms with Gasteiger partial charge < -0.3 is 14.2 Å². The second kappa shape index (κ2) is 15.1. The Morgan fingerprint density at radius 1 is 0.725 bits per heavy atom. The number of carbonyl (C=O) groups is 1. The molecule has 0 aliphatic carbocycles. The smallest absolute Gasteiger partial charge is 0.271 e. The number of aryl methyl sites for hydroxylation is 1. The molecule has 0 bridgehead atoms. The summed E-state index contributed by atoms with van der Waals surface area (Å²) in [5, 5.41) is 4.16. The van der Waals surface area contributed by atoms with Gasteiger partial charge in [0.05, 0.1) is 12.8 Å². The lowest BCUT2D eigenvalue weighted by Crippen LogP contribution is -2.17. The molecule has 6 nitrogen and oxygen atoms in total. The van der Waals surface area contributed by atoms with Gasteiger partial charge in [-0.3, -0.25) is 4.79 Å². The summed E-state index contributed by atoms with van der Waals surface area (Å²) < 4.78 is 18.0. The van der Waals surface area contributed by atoms with Crippen LogP contribution >= 0.6 is 0 Å². The van der Waals surface area contributed by atoms with Gasteiger partial charge in [0.15, 0.2) is 11.5 Å². The fraction of sp³-hybridized carbons (Fsp3) is 0.235. The van der Waals surface area contributed by atoms with Crippen LogP contribution in [0.4, 0.5) is 0 Å². The number of nitrogens with zero attached hydrogens (tertiary/aromatic N) is 1. The number of hydrogen-bond acceptors (Lipinski definition) is 5. The van der Waals surface area contributed by atoms with Gasteiger partial charge in [-0.15, -0.1) is 0 Å². The van der Waals surface area contributed by atoms with Gasteiger partial charge in [0.2, 0.25) is 0 Å². The number of nitrogens with one attached hydrogen (secondary N) is 1. The molecule has 0 heterocycles. The van der Waals surface area contributed by atoms with E-state index in [0.29, 0.717) is 42.6 Å². The second-order valence-corrected chi connectivity index (χ2v) is 9.31. The normalized spacial score (nSPS) is 10.8. The highest BCUT2D eigenvalue weighted by atomic mass is 16.5. The van der Waals surface area contributed by atoms with Crippen LogP contribution in [0.15, 0.2) is 102 Å². The monoisotopic (exact) mass is 536 g/mol. The molecule has 0 aliphatic heterocycles. The zero-order valence-electron chi connectivity index (χ0n) is 23.1. The number of para-hydroxylation sites is 1. The van der Waals surface area contributed by atoms with Gasteiger partial charge in [0, 0.05) is 11.1 Å². The average molecular weight is 537 g/mol. The topological polar surface area (TPSA) is 69.2 Å². The van der Waals surface area contributed by atoms with Crippen LogP contribution in [0.5, 0.6) is 17.2 Å². The maximum absolute atomic E-state index is 12.5. The third kappa shape index (κ3) is 8.46. The number of benzene rings is 4. The Kier molecular flexibility index (Phi) is 10.7. The number of amides is 1. The van der Waals surface area contributed by atoms with Crippen molar-refractivity contribution in [1.29, 1.82) is 0 Å². The lowest BCUT2D eigenvalue weighted by atomic mass is 10.1. The van der Waals surface area contributed by atoms with E-state index in [1.165, 1.54) is 5.56 Å². The molecule has 0 atom stereocenters. The van der Waals surface area contributed by atoms with Crippen molar-refractivity contribution in [2.45, 2.75) is 46.3 Å². The summed E-state index contributed by atoms with van der Waals surface area (Å²) in [5.41, 5.74) is 7.20. The molecule has 0 spiro atoms. The quantitative estimate of drug-likeness (QED) is 0.135.